The highest BCUT2D eigenvalue weighted by Crippen LogP contribution is 2.35. The predicted octanol–water partition coefficient (Wildman–Crippen LogP) is 4.13. The molecule has 0 spiro atoms. The Morgan fingerprint density at radius 2 is 1.90 bits per heavy atom. The van der Waals surface area contributed by atoms with Gasteiger partial charge in [-0.3, -0.25) is 4.79 Å². The number of carbonyl (C=O) groups excluding carboxylic acids is 1. The number of hydrogen-bond acceptors (Lipinski definition) is 2. The summed E-state index contributed by atoms with van der Waals surface area (Å²) in [7, 11) is 0. The van der Waals surface area contributed by atoms with Crippen molar-refractivity contribution in [2.24, 2.45) is 0 Å². The minimum atomic E-state index is -0.0396. The molecule has 0 saturated carbocycles. The number of hydrogen-bond donors (Lipinski definition) is 1. The Hall–Kier alpha value is -1.22. The minimum absolute atomic E-state index is 0.0396. The second kappa shape index (κ2) is 8.15. The number of amides is 1. The van der Waals surface area contributed by atoms with Crippen LogP contribution in [0.4, 0.5) is 0 Å². The third kappa shape index (κ3) is 5.83. The van der Waals surface area contributed by atoms with E-state index in [1.807, 2.05) is 11.8 Å². The van der Waals surface area contributed by atoms with Gasteiger partial charge in [0.1, 0.15) is 0 Å². The molecule has 1 aromatic rings. The Kier molecular flexibility index (Phi) is 6.86. The molecule has 0 atom stereocenters. The van der Waals surface area contributed by atoms with Crippen LogP contribution in [0.5, 0.6) is 0 Å². The Morgan fingerprint density at radius 1 is 1.25 bits per heavy atom. The number of thioether (sulfide) groups is 1. The van der Waals surface area contributed by atoms with E-state index < -0.39 is 0 Å². The van der Waals surface area contributed by atoms with Crippen molar-refractivity contribution < 1.29 is 4.79 Å². The largest absolute Gasteiger partial charge is 0.352 e. The first-order valence-corrected chi connectivity index (χ1v) is 8.05. The average Bonchev–Trinajstić information content (AvgIpc) is 2.43. The van der Waals surface area contributed by atoms with Crippen molar-refractivity contribution in [3.8, 4) is 0 Å². The molecule has 1 aromatic carbocycles. The predicted molar refractivity (Wildman–Crippen MR) is 89.0 cm³/mol. The number of carbonyl (C=O) groups is 1. The standard InChI is InChI=1S/C17H25NOS/c1-14(2)16(19)18-12-8-9-13-20-17(3,4)15-10-6-5-7-11-15/h5-7,10-11H,1,8-9,12-13H2,2-4H3,(H,18,19). The highest BCUT2D eigenvalue weighted by atomic mass is 32.2. The van der Waals surface area contributed by atoms with Gasteiger partial charge in [-0.25, -0.2) is 0 Å². The summed E-state index contributed by atoms with van der Waals surface area (Å²) in [5, 5.41) is 2.86. The fourth-order valence-corrected chi connectivity index (χ4v) is 2.99. The van der Waals surface area contributed by atoms with Crippen LogP contribution in [0.2, 0.25) is 0 Å². The number of rotatable bonds is 8. The lowest BCUT2D eigenvalue weighted by Gasteiger charge is -2.24. The zero-order valence-electron chi connectivity index (χ0n) is 12.7. The lowest BCUT2D eigenvalue weighted by molar-refractivity contribution is -0.117. The molecular formula is C17H25NOS. The summed E-state index contributed by atoms with van der Waals surface area (Å²) < 4.78 is 0.141. The lowest BCUT2D eigenvalue weighted by atomic mass is 10.0. The van der Waals surface area contributed by atoms with E-state index in [1.54, 1.807) is 6.92 Å². The summed E-state index contributed by atoms with van der Waals surface area (Å²) in [6, 6.07) is 10.6. The van der Waals surface area contributed by atoms with Crippen molar-refractivity contribution in [1.82, 2.24) is 5.32 Å². The molecule has 0 aromatic heterocycles. The van der Waals surface area contributed by atoms with Gasteiger partial charge in [0.2, 0.25) is 5.91 Å². The molecule has 1 rings (SSSR count). The fraction of sp³-hybridized carbons (Fsp3) is 0.471. The second-order valence-corrected chi connectivity index (χ2v) is 7.19. The second-order valence-electron chi connectivity index (χ2n) is 5.47. The van der Waals surface area contributed by atoms with Gasteiger partial charge in [0.25, 0.3) is 0 Å². The molecule has 2 nitrogen and oxygen atoms in total. The maximum Gasteiger partial charge on any atom is 0.246 e. The quantitative estimate of drug-likeness (QED) is 0.576. The molecule has 0 heterocycles. The molecule has 1 N–H and O–H groups in total. The maximum absolute atomic E-state index is 11.3. The third-order valence-electron chi connectivity index (χ3n) is 3.18. The van der Waals surface area contributed by atoms with Gasteiger partial charge in [0.05, 0.1) is 0 Å². The van der Waals surface area contributed by atoms with E-state index in [2.05, 4.69) is 56.1 Å². The molecule has 0 aliphatic carbocycles. The van der Waals surface area contributed by atoms with Crippen molar-refractivity contribution >= 4 is 17.7 Å². The third-order valence-corrected chi connectivity index (χ3v) is 4.63. The minimum Gasteiger partial charge on any atom is -0.352 e. The summed E-state index contributed by atoms with van der Waals surface area (Å²) in [6.45, 7) is 10.6. The summed E-state index contributed by atoms with van der Waals surface area (Å²) in [6.07, 6.45) is 2.12. The summed E-state index contributed by atoms with van der Waals surface area (Å²) in [4.78, 5) is 11.3. The Balaban J connectivity index is 2.21. The van der Waals surface area contributed by atoms with Gasteiger partial charge in [-0.15, -0.1) is 0 Å². The van der Waals surface area contributed by atoms with E-state index in [1.165, 1.54) is 5.56 Å². The van der Waals surface area contributed by atoms with E-state index >= 15 is 0 Å². The van der Waals surface area contributed by atoms with Crippen molar-refractivity contribution in [1.29, 1.82) is 0 Å². The van der Waals surface area contributed by atoms with Crippen molar-refractivity contribution in [2.45, 2.75) is 38.4 Å². The molecule has 0 aliphatic heterocycles. The van der Waals surface area contributed by atoms with Crippen LogP contribution in [0.1, 0.15) is 39.2 Å². The van der Waals surface area contributed by atoms with E-state index in [9.17, 15) is 4.79 Å². The van der Waals surface area contributed by atoms with Crippen molar-refractivity contribution in [2.75, 3.05) is 12.3 Å². The van der Waals surface area contributed by atoms with Crippen LogP contribution in [0.25, 0.3) is 0 Å². The highest BCUT2D eigenvalue weighted by Gasteiger charge is 2.19. The Labute approximate surface area is 127 Å². The van der Waals surface area contributed by atoms with E-state index in [0.29, 0.717) is 5.57 Å². The smallest absolute Gasteiger partial charge is 0.246 e. The molecule has 3 heteroatoms. The first kappa shape index (κ1) is 16.8. The van der Waals surface area contributed by atoms with Gasteiger partial charge < -0.3 is 5.32 Å². The topological polar surface area (TPSA) is 29.1 Å². The van der Waals surface area contributed by atoms with Crippen LogP contribution in [0.3, 0.4) is 0 Å². The molecule has 0 bridgehead atoms. The molecular weight excluding hydrogens is 266 g/mol. The SMILES string of the molecule is C=C(C)C(=O)NCCCCSC(C)(C)c1ccccc1. The number of unbranched alkanes of at least 4 members (excludes halogenated alkanes) is 1. The molecule has 20 heavy (non-hydrogen) atoms. The number of benzene rings is 1. The zero-order chi connectivity index (χ0) is 15.0. The van der Waals surface area contributed by atoms with Crippen molar-refractivity contribution in [3.63, 3.8) is 0 Å². The average molecular weight is 291 g/mol. The van der Waals surface area contributed by atoms with Gasteiger partial charge in [-0.1, -0.05) is 36.9 Å². The van der Waals surface area contributed by atoms with Gasteiger partial charge in [0, 0.05) is 16.9 Å². The fourth-order valence-electron chi connectivity index (χ4n) is 1.83. The van der Waals surface area contributed by atoms with Crippen LogP contribution in [-0.2, 0) is 9.54 Å². The highest BCUT2D eigenvalue weighted by molar-refractivity contribution is 8.00. The summed E-state index contributed by atoms with van der Waals surface area (Å²) >= 11 is 1.97. The van der Waals surface area contributed by atoms with Crippen LogP contribution >= 0.6 is 11.8 Å². The van der Waals surface area contributed by atoms with Gasteiger partial charge in [-0.05, 0) is 44.9 Å². The molecule has 0 fully saturated rings. The van der Waals surface area contributed by atoms with Crippen LogP contribution in [0, 0.1) is 0 Å². The van der Waals surface area contributed by atoms with Gasteiger partial charge in [0.15, 0.2) is 0 Å². The molecule has 0 saturated heterocycles. The normalized spacial score (nSPS) is 11.2. The van der Waals surface area contributed by atoms with Crippen LogP contribution in [0.15, 0.2) is 42.5 Å². The lowest BCUT2D eigenvalue weighted by Crippen LogP contribution is -2.24. The van der Waals surface area contributed by atoms with Crippen LogP contribution < -0.4 is 5.32 Å². The maximum atomic E-state index is 11.3. The molecule has 110 valence electrons. The number of nitrogens with one attached hydrogen (secondary N) is 1. The molecule has 0 unspecified atom stereocenters. The molecule has 0 aliphatic rings. The Morgan fingerprint density at radius 3 is 2.50 bits per heavy atom. The van der Waals surface area contributed by atoms with Crippen molar-refractivity contribution in [3.05, 3.63) is 48.0 Å². The zero-order valence-corrected chi connectivity index (χ0v) is 13.6. The first-order valence-electron chi connectivity index (χ1n) is 7.06. The summed E-state index contributed by atoms with van der Waals surface area (Å²) in [5.74, 6) is 1.06. The van der Waals surface area contributed by atoms with Gasteiger partial charge in [-0.2, -0.15) is 11.8 Å². The summed E-state index contributed by atoms with van der Waals surface area (Å²) in [5.41, 5.74) is 1.94. The van der Waals surface area contributed by atoms with E-state index in [0.717, 1.165) is 25.1 Å². The molecule has 1 amide bonds. The Bertz CT molecular complexity index is 440. The monoisotopic (exact) mass is 291 g/mol. The molecule has 0 radical (unpaired) electrons. The van der Waals surface area contributed by atoms with E-state index in [-0.39, 0.29) is 10.7 Å². The van der Waals surface area contributed by atoms with Gasteiger partial charge >= 0.3 is 0 Å². The van der Waals surface area contributed by atoms with Crippen LogP contribution in [-0.4, -0.2) is 18.2 Å². The first-order chi connectivity index (χ1) is 9.43. The van der Waals surface area contributed by atoms with E-state index in [4.69, 9.17) is 0 Å².